The van der Waals surface area contributed by atoms with E-state index < -0.39 is 0 Å². The van der Waals surface area contributed by atoms with E-state index in [0.717, 1.165) is 43.4 Å². The number of para-hydroxylation sites is 2. The summed E-state index contributed by atoms with van der Waals surface area (Å²) in [4.78, 5) is 0. The van der Waals surface area contributed by atoms with E-state index in [1.807, 2.05) is 24.3 Å². The molecule has 1 aromatic carbocycles. The van der Waals surface area contributed by atoms with Crippen molar-refractivity contribution in [2.75, 3.05) is 13.2 Å². The molecule has 2 rings (SSSR count). The van der Waals surface area contributed by atoms with E-state index in [2.05, 4.69) is 26.1 Å². The molecule has 0 spiro atoms. The number of hydrogen-bond donors (Lipinski definition) is 1. The summed E-state index contributed by atoms with van der Waals surface area (Å²) in [5.41, 5.74) is 0. The van der Waals surface area contributed by atoms with Gasteiger partial charge in [0.1, 0.15) is 6.10 Å². The number of benzene rings is 1. The molecule has 1 N–H and O–H groups in total. The normalized spacial score (nSPS) is 25.6. The zero-order chi connectivity index (χ0) is 15.1. The second kappa shape index (κ2) is 8.28. The van der Waals surface area contributed by atoms with Crippen LogP contribution in [0.5, 0.6) is 11.5 Å². The van der Waals surface area contributed by atoms with Gasteiger partial charge in [-0.25, -0.2) is 0 Å². The smallest absolute Gasteiger partial charge is 0.161 e. The minimum absolute atomic E-state index is 0.236. The zero-order valence-electron chi connectivity index (χ0n) is 13.6. The Morgan fingerprint density at radius 3 is 2.62 bits per heavy atom. The van der Waals surface area contributed by atoms with Gasteiger partial charge in [0.05, 0.1) is 6.61 Å². The summed E-state index contributed by atoms with van der Waals surface area (Å²) in [6, 6.07) is 8.49. The highest BCUT2D eigenvalue weighted by Gasteiger charge is 2.30. The van der Waals surface area contributed by atoms with Crippen molar-refractivity contribution in [1.29, 1.82) is 0 Å². The van der Waals surface area contributed by atoms with Crippen LogP contribution in [0.15, 0.2) is 24.3 Å². The first kappa shape index (κ1) is 16.2. The molecule has 0 aromatic heterocycles. The second-order valence-electron chi connectivity index (χ2n) is 6.03. The fourth-order valence-electron chi connectivity index (χ4n) is 3.00. The Bertz CT molecular complexity index is 421. The first-order valence-corrected chi connectivity index (χ1v) is 8.36. The molecule has 1 saturated carbocycles. The number of rotatable bonds is 7. The van der Waals surface area contributed by atoms with Crippen LogP contribution in [0.4, 0.5) is 0 Å². The molecule has 0 bridgehead atoms. The average molecular weight is 291 g/mol. The first-order valence-electron chi connectivity index (χ1n) is 8.36. The van der Waals surface area contributed by atoms with E-state index in [-0.39, 0.29) is 6.10 Å². The highest BCUT2D eigenvalue weighted by molar-refractivity contribution is 5.39. The largest absolute Gasteiger partial charge is 0.490 e. The maximum absolute atomic E-state index is 6.33. The topological polar surface area (TPSA) is 30.5 Å². The van der Waals surface area contributed by atoms with Crippen LogP contribution in [0, 0.1) is 5.92 Å². The van der Waals surface area contributed by atoms with Gasteiger partial charge in [-0.05, 0) is 50.3 Å². The van der Waals surface area contributed by atoms with Crippen molar-refractivity contribution in [2.24, 2.45) is 5.92 Å². The molecule has 1 aromatic rings. The molecule has 0 radical (unpaired) electrons. The van der Waals surface area contributed by atoms with Gasteiger partial charge in [0.2, 0.25) is 0 Å². The van der Waals surface area contributed by atoms with Gasteiger partial charge in [-0.2, -0.15) is 0 Å². The summed E-state index contributed by atoms with van der Waals surface area (Å²) in [5, 5.41) is 3.57. The van der Waals surface area contributed by atoms with Crippen LogP contribution in [-0.2, 0) is 0 Å². The van der Waals surface area contributed by atoms with Gasteiger partial charge in [-0.1, -0.05) is 32.9 Å². The van der Waals surface area contributed by atoms with E-state index >= 15 is 0 Å². The minimum Gasteiger partial charge on any atom is -0.490 e. The summed E-state index contributed by atoms with van der Waals surface area (Å²) >= 11 is 0. The van der Waals surface area contributed by atoms with Crippen LogP contribution in [0.3, 0.4) is 0 Å². The summed E-state index contributed by atoms with van der Waals surface area (Å²) in [6.45, 7) is 8.32. The maximum Gasteiger partial charge on any atom is 0.161 e. The van der Waals surface area contributed by atoms with Crippen LogP contribution in [0.2, 0.25) is 0 Å². The highest BCUT2D eigenvalue weighted by Crippen LogP contribution is 2.32. The molecule has 1 aliphatic rings. The molecule has 3 heteroatoms. The number of ether oxygens (including phenoxy) is 2. The zero-order valence-corrected chi connectivity index (χ0v) is 13.6. The molecular weight excluding hydrogens is 262 g/mol. The lowest BCUT2D eigenvalue weighted by molar-refractivity contribution is 0.0877. The number of likely N-dealkylation sites (N-methyl/N-ethyl adjacent to an activating group) is 1. The predicted octanol–water partition coefficient (Wildman–Crippen LogP) is 4.02. The third-order valence-electron chi connectivity index (χ3n) is 4.11. The highest BCUT2D eigenvalue weighted by atomic mass is 16.5. The summed E-state index contributed by atoms with van der Waals surface area (Å²) in [5.74, 6) is 2.48. The van der Waals surface area contributed by atoms with Gasteiger partial charge >= 0.3 is 0 Å². The standard InChI is InChI=1S/C18H29NO2/c1-4-12-20-16-8-6-7-9-17(16)21-18-13-14(3)10-11-15(18)19-5-2/h6-9,14-15,18-19H,4-5,10-13H2,1-3H3. The van der Waals surface area contributed by atoms with Crippen molar-refractivity contribution in [3.63, 3.8) is 0 Å². The SMILES string of the molecule is CCCOc1ccccc1OC1CC(C)CCC1NCC. The molecule has 3 atom stereocenters. The minimum atomic E-state index is 0.236. The lowest BCUT2D eigenvalue weighted by atomic mass is 9.85. The van der Waals surface area contributed by atoms with Crippen molar-refractivity contribution in [1.82, 2.24) is 5.32 Å². The summed E-state index contributed by atoms with van der Waals surface area (Å²) in [6.07, 6.45) is 4.83. The Morgan fingerprint density at radius 2 is 1.90 bits per heavy atom. The first-order chi connectivity index (χ1) is 10.2. The molecule has 3 unspecified atom stereocenters. The van der Waals surface area contributed by atoms with Gasteiger partial charge in [0.15, 0.2) is 11.5 Å². The number of hydrogen-bond acceptors (Lipinski definition) is 3. The van der Waals surface area contributed by atoms with Crippen molar-refractivity contribution in [3.05, 3.63) is 24.3 Å². The monoisotopic (exact) mass is 291 g/mol. The van der Waals surface area contributed by atoms with Crippen molar-refractivity contribution < 1.29 is 9.47 Å². The van der Waals surface area contributed by atoms with Gasteiger partial charge in [0.25, 0.3) is 0 Å². The molecule has 0 heterocycles. The maximum atomic E-state index is 6.33. The van der Waals surface area contributed by atoms with Crippen LogP contribution in [-0.4, -0.2) is 25.3 Å². The summed E-state index contributed by atoms with van der Waals surface area (Å²) in [7, 11) is 0. The van der Waals surface area contributed by atoms with E-state index in [0.29, 0.717) is 6.04 Å². The van der Waals surface area contributed by atoms with Gasteiger partial charge in [0, 0.05) is 6.04 Å². The molecular formula is C18H29NO2. The van der Waals surface area contributed by atoms with Crippen LogP contribution in [0.25, 0.3) is 0 Å². The molecule has 118 valence electrons. The van der Waals surface area contributed by atoms with Crippen LogP contribution in [0.1, 0.15) is 46.5 Å². The molecule has 1 fully saturated rings. The molecule has 3 nitrogen and oxygen atoms in total. The van der Waals surface area contributed by atoms with E-state index in [1.165, 1.54) is 12.8 Å². The van der Waals surface area contributed by atoms with Crippen molar-refractivity contribution in [3.8, 4) is 11.5 Å². The molecule has 1 aliphatic carbocycles. The third kappa shape index (κ3) is 4.63. The fourth-order valence-corrected chi connectivity index (χ4v) is 3.00. The molecule has 21 heavy (non-hydrogen) atoms. The Balaban J connectivity index is 2.07. The Labute approximate surface area is 129 Å². The van der Waals surface area contributed by atoms with Gasteiger partial charge in [-0.3, -0.25) is 0 Å². The fraction of sp³-hybridized carbons (Fsp3) is 0.667. The molecule has 0 aliphatic heterocycles. The lowest BCUT2D eigenvalue weighted by Gasteiger charge is -2.35. The second-order valence-corrected chi connectivity index (χ2v) is 6.03. The van der Waals surface area contributed by atoms with E-state index in [1.54, 1.807) is 0 Å². The lowest BCUT2D eigenvalue weighted by Crippen LogP contribution is -2.46. The quantitative estimate of drug-likeness (QED) is 0.823. The number of nitrogens with one attached hydrogen (secondary N) is 1. The van der Waals surface area contributed by atoms with E-state index in [4.69, 9.17) is 9.47 Å². The van der Waals surface area contributed by atoms with E-state index in [9.17, 15) is 0 Å². The van der Waals surface area contributed by atoms with Crippen LogP contribution < -0.4 is 14.8 Å². The van der Waals surface area contributed by atoms with Crippen LogP contribution >= 0.6 is 0 Å². The van der Waals surface area contributed by atoms with Crippen molar-refractivity contribution >= 4 is 0 Å². The molecule has 0 saturated heterocycles. The van der Waals surface area contributed by atoms with Gasteiger partial charge < -0.3 is 14.8 Å². The predicted molar refractivity (Wildman–Crippen MR) is 87.1 cm³/mol. The summed E-state index contributed by atoms with van der Waals surface area (Å²) < 4.78 is 12.1. The average Bonchev–Trinajstić information content (AvgIpc) is 2.49. The van der Waals surface area contributed by atoms with Crippen molar-refractivity contribution in [2.45, 2.75) is 58.6 Å². The Hall–Kier alpha value is -1.22. The molecule has 0 amide bonds. The Morgan fingerprint density at radius 1 is 1.14 bits per heavy atom. The third-order valence-corrected chi connectivity index (χ3v) is 4.11. The Kier molecular flexibility index (Phi) is 6.37. The van der Waals surface area contributed by atoms with Gasteiger partial charge in [-0.15, -0.1) is 0 Å².